The number of carbonyl (C=O) groups is 2. The highest BCUT2D eigenvalue weighted by molar-refractivity contribution is 5.96. The third-order valence-electron chi connectivity index (χ3n) is 4.33. The lowest BCUT2D eigenvalue weighted by Crippen LogP contribution is -2.30. The van der Waals surface area contributed by atoms with Crippen LogP contribution in [0.2, 0.25) is 0 Å². The van der Waals surface area contributed by atoms with Crippen LogP contribution in [0.4, 0.5) is 11.4 Å². The third-order valence-corrected chi connectivity index (χ3v) is 4.33. The molecular formula is C22H29N3O4. The summed E-state index contributed by atoms with van der Waals surface area (Å²) in [5.41, 5.74) is 2.08. The fourth-order valence-electron chi connectivity index (χ4n) is 2.69. The van der Waals surface area contributed by atoms with Crippen LogP contribution < -0.4 is 15.4 Å². The molecule has 0 atom stereocenters. The number of amides is 2. The summed E-state index contributed by atoms with van der Waals surface area (Å²) in [6.07, 6.45) is 0. The molecule has 0 aliphatic carbocycles. The molecule has 7 nitrogen and oxygen atoms in total. The summed E-state index contributed by atoms with van der Waals surface area (Å²) in [6, 6.07) is 14.3. The lowest BCUT2D eigenvalue weighted by atomic mass is 10.1. The van der Waals surface area contributed by atoms with Gasteiger partial charge >= 0.3 is 0 Å². The molecule has 2 aromatic carbocycles. The van der Waals surface area contributed by atoms with Gasteiger partial charge in [-0.2, -0.15) is 0 Å². The first-order valence-electron chi connectivity index (χ1n) is 9.72. The summed E-state index contributed by atoms with van der Waals surface area (Å²) in [7, 11) is 1.63. The molecule has 0 aliphatic rings. The van der Waals surface area contributed by atoms with Crippen molar-refractivity contribution < 1.29 is 19.1 Å². The van der Waals surface area contributed by atoms with Crippen LogP contribution in [-0.4, -0.2) is 56.7 Å². The number of ether oxygens (including phenoxy) is 2. The van der Waals surface area contributed by atoms with E-state index < -0.39 is 0 Å². The molecule has 0 radical (unpaired) electrons. The fourth-order valence-corrected chi connectivity index (χ4v) is 2.69. The van der Waals surface area contributed by atoms with Crippen molar-refractivity contribution >= 4 is 23.2 Å². The minimum absolute atomic E-state index is 0.0100. The van der Waals surface area contributed by atoms with Gasteiger partial charge in [-0.05, 0) is 62.4 Å². The zero-order chi connectivity index (χ0) is 21.1. The molecule has 156 valence electrons. The Labute approximate surface area is 172 Å². The molecule has 0 aliphatic heterocycles. The van der Waals surface area contributed by atoms with Crippen molar-refractivity contribution in [2.24, 2.45) is 0 Å². The highest BCUT2D eigenvalue weighted by atomic mass is 16.5. The van der Waals surface area contributed by atoms with Crippen molar-refractivity contribution in [1.82, 2.24) is 4.90 Å². The Balaban J connectivity index is 1.81. The van der Waals surface area contributed by atoms with Gasteiger partial charge in [-0.15, -0.1) is 0 Å². The van der Waals surface area contributed by atoms with E-state index in [1.807, 2.05) is 38.1 Å². The van der Waals surface area contributed by atoms with Crippen molar-refractivity contribution in [3.05, 3.63) is 54.1 Å². The van der Waals surface area contributed by atoms with Crippen LogP contribution in [0.15, 0.2) is 48.5 Å². The summed E-state index contributed by atoms with van der Waals surface area (Å²) >= 11 is 0. The fraction of sp³-hybridized carbons (Fsp3) is 0.364. The van der Waals surface area contributed by atoms with Crippen molar-refractivity contribution in [3.63, 3.8) is 0 Å². The third kappa shape index (κ3) is 7.12. The molecule has 7 heteroatoms. The summed E-state index contributed by atoms with van der Waals surface area (Å²) in [5, 5.41) is 5.88. The van der Waals surface area contributed by atoms with E-state index in [4.69, 9.17) is 9.47 Å². The number of rotatable bonds is 11. The molecular weight excluding hydrogens is 370 g/mol. The molecule has 0 saturated carbocycles. The van der Waals surface area contributed by atoms with Crippen LogP contribution in [-0.2, 0) is 9.53 Å². The second kappa shape index (κ2) is 11.7. The maximum Gasteiger partial charge on any atom is 0.253 e. The number of benzene rings is 2. The van der Waals surface area contributed by atoms with Crippen LogP contribution in [0.1, 0.15) is 24.2 Å². The van der Waals surface area contributed by atoms with E-state index in [9.17, 15) is 9.59 Å². The lowest BCUT2D eigenvalue weighted by Gasteiger charge is -2.18. The Morgan fingerprint density at radius 2 is 1.52 bits per heavy atom. The molecule has 0 bridgehead atoms. The largest absolute Gasteiger partial charge is 0.491 e. The maximum atomic E-state index is 12.3. The average Bonchev–Trinajstić information content (AvgIpc) is 2.74. The SMILES string of the molecule is CCN(CC)C(=O)c1ccc(NC(=O)CNc2ccc(OCCOC)cc2)cc1. The minimum Gasteiger partial charge on any atom is -0.491 e. The molecule has 0 spiro atoms. The molecule has 2 amide bonds. The Kier molecular flexibility index (Phi) is 8.98. The molecule has 0 saturated heterocycles. The maximum absolute atomic E-state index is 12.3. The van der Waals surface area contributed by atoms with Gasteiger partial charge < -0.3 is 25.0 Å². The van der Waals surface area contributed by atoms with Crippen molar-refractivity contribution in [1.29, 1.82) is 0 Å². The molecule has 2 N–H and O–H groups in total. The van der Waals surface area contributed by atoms with E-state index in [2.05, 4.69) is 10.6 Å². The second-order valence-corrected chi connectivity index (χ2v) is 6.32. The van der Waals surface area contributed by atoms with Gasteiger partial charge in [0, 0.05) is 37.1 Å². The summed E-state index contributed by atoms with van der Waals surface area (Å²) in [4.78, 5) is 26.2. The number of anilines is 2. The van der Waals surface area contributed by atoms with Crippen LogP contribution in [0, 0.1) is 0 Å². The van der Waals surface area contributed by atoms with Gasteiger partial charge in [-0.25, -0.2) is 0 Å². The predicted octanol–water partition coefficient (Wildman–Crippen LogP) is 3.24. The first-order valence-corrected chi connectivity index (χ1v) is 9.72. The topological polar surface area (TPSA) is 79.9 Å². The number of hydrogen-bond donors (Lipinski definition) is 2. The van der Waals surface area contributed by atoms with E-state index in [0.717, 1.165) is 11.4 Å². The number of carbonyl (C=O) groups excluding carboxylic acids is 2. The summed E-state index contributed by atoms with van der Waals surface area (Å²) in [6.45, 7) is 6.38. The lowest BCUT2D eigenvalue weighted by molar-refractivity contribution is -0.114. The molecule has 0 unspecified atom stereocenters. The van der Waals surface area contributed by atoms with Gasteiger partial charge in [0.15, 0.2) is 0 Å². The Hall–Kier alpha value is -3.06. The van der Waals surface area contributed by atoms with Gasteiger partial charge in [-0.3, -0.25) is 9.59 Å². The van der Waals surface area contributed by atoms with Crippen LogP contribution in [0.25, 0.3) is 0 Å². The number of nitrogens with one attached hydrogen (secondary N) is 2. The van der Waals surface area contributed by atoms with E-state index in [0.29, 0.717) is 37.6 Å². The van der Waals surface area contributed by atoms with Crippen LogP contribution in [0.5, 0.6) is 5.75 Å². The zero-order valence-corrected chi connectivity index (χ0v) is 17.2. The van der Waals surface area contributed by atoms with E-state index >= 15 is 0 Å². The number of methoxy groups -OCH3 is 1. The molecule has 29 heavy (non-hydrogen) atoms. The summed E-state index contributed by atoms with van der Waals surface area (Å²) < 4.78 is 10.4. The quantitative estimate of drug-likeness (QED) is 0.567. The Morgan fingerprint density at radius 3 is 2.10 bits per heavy atom. The minimum atomic E-state index is -0.173. The van der Waals surface area contributed by atoms with Crippen molar-refractivity contribution in [2.75, 3.05) is 50.6 Å². The van der Waals surface area contributed by atoms with E-state index in [1.165, 1.54) is 0 Å². The van der Waals surface area contributed by atoms with E-state index in [-0.39, 0.29) is 18.4 Å². The summed E-state index contributed by atoms with van der Waals surface area (Å²) in [5.74, 6) is 0.564. The number of nitrogens with zero attached hydrogens (tertiary/aromatic N) is 1. The average molecular weight is 399 g/mol. The van der Waals surface area contributed by atoms with Gasteiger partial charge in [0.2, 0.25) is 5.91 Å². The molecule has 2 rings (SSSR count). The highest BCUT2D eigenvalue weighted by Gasteiger charge is 2.12. The monoisotopic (exact) mass is 399 g/mol. The van der Waals surface area contributed by atoms with Gasteiger partial charge in [0.1, 0.15) is 12.4 Å². The Morgan fingerprint density at radius 1 is 0.897 bits per heavy atom. The van der Waals surface area contributed by atoms with Gasteiger partial charge in [0.25, 0.3) is 5.91 Å². The molecule has 0 aromatic heterocycles. The zero-order valence-electron chi connectivity index (χ0n) is 17.2. The molecule has 2 aromatic rings. The standard InChI is InChI=1S/C22H29N3O4/c1-4-25(5-2)22(27)17-6-8-19(9-7-17)24-21(26)16-23-18-10-12-20(13-11-18)29-15-14-28-3/h6-13,23H,4-5,14-16H2,1-3H3,(H,24,26). The Bertz CT molecular complexity index is 772. The predicted molar refractivity (Wildman–Crippen MR) is 115 cm³/mol. The van der Waals surface area contributed by atoms with Gasteiger partial charge in [-0.1, -0.05) is 0 Å². The van der Waals surface area contributed by atoms with Crippen molar-refractivity contribution in [3.8, 4) is 5.75 Å². The molecule has 0 fully saturated rings. The normalized spacial score (nSPS) is 10.3. The van der Waals surface area contributed by atoms with E-state index in [1.54, 1.807) is 36.3 Å². The van der Waals surface area contributed by atoms with Crippen LogP contribution >= 0.6 is 0 Å². The van der Waals surface area contributed by atoms with Crippen molar-refractivity contribution in [2.45, 2.75) is 13.8 Å². The first-order chi connectivity index (χ1) is 14.1. The van der Waals surface area contributed by atoms with Gasteiger partial charge in [0.05, 0.1) is 13.2 Å². The van der Waals surface area contributed by atoms with Crippen LogP contribution in [0.3, 0.4) is 0 Å². The second-order valence-electron chi connectivity index (χ2n) is 6.32. The smallest absolute Gasteiger partial charge is 0.253 e. The first kappa shape index (κ1) is 22.2. The molecule has 0 heterocycles. The highest BCUT2D eigenvalue weighted by Crippen LogP contribution is 2.16. The number of hydrogen-bond acceptors (Lipinski definition) is 5.